The third kappa shape index (κ3) is 3.17. The lowest BCUT2D eigenvalue weighted by Gasteiger charge is -2.26. The predicted octanol–water partition coefficient (Wildman–Crippen LogP) is 2.04. The van der Waals surface area contributed by atoms with Gasteiger partial charge in [-0.05, 0) is 11.6 Å². The highest BCUT2D eigenvalue weighted by Gasteiger charge is 2.23. The second-order valence-electron chi connectivity index (χ2n) is 4.20. The van der Waals surface area contributed by atoms with E-state index in [1.165, 1.54) is 0 Å². The fourth-order valence-corrected chi connectivity index (χ4v) is 2.28. The number of hydrogen-bond acceptors (Lipinski definition) is 2. The van der Waals surface area contributed by atoms with E-state index in [-0.39, 0.29) is 11.7 Å². The molecule has 0 fully saturated rings. The molecule has 4 heteroatoms. The SMILES string of the molecule is CC(C)(CNC(=O)C=O)c1ccccc1Br. The molecule has 0 saturated heterocycles. The molecule has 0 radical (unpaired) electrons. The van der Waals surface area contributed by atoms with Crippen molar-refractivity contribution in [3.05, 3.63) is 34.3 Å². The second-order valence-corrected chi connectivity index (χ2v) is 5.05. The number of aldehydes is 1. The smallest absolute Gasteiger partial charge is 0.284 e. The van der Waals surface area contributed by atoms with Crippen LogP contribution in [0, 0.1) is 0 Å². The van der Waals surface area contributed by atoms with Crippen molar-refractivity contribution in [2.24, 2.45) is 0 Å². The van der Waals surface area contributed by atoms with Crippen molar-refractivity contribution in [1.82, 2.24) is 5.32 Å². The molecule has 0 aliphatic carbocycles. The monoisotopic (exact) mass is 283 g/mol. The maximum absolute atomic E-state index is 10.9. The molecule has 0 aromatic heterocycles. The summed E-state index contributed by atoms with van der Waals surface area (Å²) < 4.78 is 1.00. The largest absolute Gasteiger partial charge is 0.349 e. The number of nitrogens with one attached hydrogen (secondary N) is 1. The molecular formula is C12H14BrNO2. The number of amides is 1. The minimum absolute atomic E-state index is 0.223. The van der Waals surface area contributed by atoms with Gasteiger partial charge in [0.1, 0.15) is 0 Å². The first-order valence-electron chi connectivity index (χ1n) is 4.95. The van der Waals surface area contributed by atoms with Gasteiger partial charge in [0, 0.05) is 16.4 Å². The van der Waals surface area contributed by atoms with E-state index in [1.807, 2.05) is 38.1 Å². The van der Waals surface area contributed by atoms with Crippen molar-refractivity contribution < 1.29 is 9.59 Å². The highest BCUT2D eigenvalue weighted by molar-refractivity contribution is 9.10. The molecule has 0 atom stereocenters. The topological polar surface area (TPSA) is 46.2 Å². The molecule has 1 aromatic carbocycles. The van der Waals surface area contributed by atoms with Gasteiger partial charge in [0.15, 0.2) is 0 Å². The van der Waals surface area contributed by atoms with Crippen molar-refractivity contribution >= 4 is 28.1 Å². The minimum Gasteiger partial charge on any atom is -0.349 e. The standard InChI is InChI=1S/C12H14BrNO2/c1-12(2,8-14-11(16)7-15)9-5-3-4-6-10(9)13/h3-7H,8H2,1-2H3,(H,14,16). The Hall–Kier alpha value is -1.16. The Morgan fingerprint density at radius 1 is 1.44 bits per heavy atom. The Kier molecular flexibility index (Phi) is 4.24. The Morgan fingerprint density at radius 3 is 2.62 bits per heavy atom. The molecule has 0 spiro atoms. The fourth-order valence-electron chi connectivity index (χ4n) is 1.46. The molecular weight excluding hydrogens is 270 g/mol. The van der Waals surface area contributed by atoms with E-state index < -0.39 is 5.91 Å². The zero-order valence-corrected chi connectivity index (χ0v) is 10.9. The summed E-state index contributed by atoms with van der Waals surface area (Å²) in [7, 11) is 0. The normalized spacial score (nSPS) is 10.9. The summed E-state index contributed by atoms with van der Waals surface area (Å²) in [6.07, 6.45) is 0.288. The third-order valence-corrected chi connectivity index (χ3v) is 3.11. The van der Waals surface area contributed by atoms with Crippen LogP contribution in [-0.4, -0.2) is 18.7 Å². The lowest BCUT2D eigenvalue weighted by Crippen LogP contribution is -2.37. The summed E-state index contributed by atoms with van der Waals surface area (Å²) in [5, 5.41) is 2.57. The van der Waals surface area contributed by atoms with Gasteiger partial charge in [-0.2, -0.15) is 0 Å². The second kappa shape index (κ2) is 5.25. The van der Waals surface area contributed by atoms with Crippen molar-refractivity contribution in [2.45, 2.75) is 19.3 Å². The van der Waals surface area contributed by atoms with E-state index in [9.17, 15) is 9.59 Å². The molecule has 1 amide bonds. The Morgan fingerprint density at radius 2 is 2.06 bits per heavy atom. The number of carbonyl (C=O) groups is 2. The summed E-state index contributed by atoms with van der Waals surface area (Å²) in [6, 6.07) is 7.84. The third-order valence-electron chi connectivity index (χ3n) is 2.41. The van der Waals surface area contributed by atoms with Gasteiger partial charge in [0.05, 0.1) is 0 Å². The minimum atomic E-state index is -0.583. The van der Waals surface area contributed by atoms with Crippen LogP contribution in [0.2, 0.25) is 0 Å². The van der Waals surface area contributed by atoms with Crippen LogP contribution in [0.25, 0.3) is 0 Å². The number of hydrogen-bond donors (Lipinski definition) is 1. The molecule has 0 unspecified atom stereocenters. The van der Waals surface area contributed by atoms with Crippen molar-refractivity contribution in [1.29, 1.82) is 0 Å². The summed E-state index contributed by atoms with van der Waals surface area (Å²) in [4.78, 5) is 21.1. The van der Waals surface area contributed by atoms with E-state index in [0.717, 1.165) is 10.0 Å². The molecule has 0 bridgehead atoms. The highest BCUT2D eigenvalue weighted by atomic mass is 79.9. The first-order chi connectivity index (χ1) is 7.47. The highest BCUT2D eigenvalue weighted by Crippen LogP contribution is 2.29. The first kappa shape index (κ1) is 12.9. The van der Waals surface area contributed by atoms with Crippen LogP contribution in [0.3, 0.4) is 0 Å². The lowest BCUT2D eigenvalue weighted by molar-refractivity contribution is -0.131. The molecule has 0 aliphatic heterocycles. The van der Waals surface area contributed by atoms with Gasteiger partial charge in [-0.1, -0.05) is 48.0 Å². The number of benzene rings is 1. The summed E-state index contributed by atoms with van der Waals surface area (Å²) >= 11 is 3.47. The van der Waals surface area contributed by atoms with Gasteiger partial charge in [-0.3, -0.25) is 9.59 Å². The Balaban J connectivity index is 2.81. The number of halogens is 1. The van der Waals surface area contributed by atoms with Crippen molar-refractivity contribution in [3.63, 3.8) is 0 Å². The average molecular weight is 284 g/mol. The zero-order chi connectivity index (χ0) is 12.2. The molecule has 3 nitrogen and oxygen atoms in total. The molecule has 0 aliphatic rings. The van der Waals surface area contributed by atoms with Gasteiger partial charge in [0.25, 0.3) is 5.91 Å². The van der Waals surface area contributed by atoms with Crippen LogP contribution in [0.15, 0.2) is 28.7 Å². The summed E-state index contributed by atoms with van der Waals surface area (Å²) in [5.74, 6) is -0.583. The van der Waals surface area contributed by atoms with Crippen LogP contribution in [0.5, 0.6) is 0 Å². The summed E-state index contributed by atoms with van der Waals surface area (Å²) in [5.41, 5.74) is 0.875. The average Bonchev–Trinajstić information content (AvgIpc) is 2.26. The zero-order valence-electron chi connectivity index (χ0n) is 9.29. The first-order valence-corrected chi connectivity index (χ1v) is 5.74. The van der Waals surface area contributed by atoms with E-state index in [2.05, 4.69) is 21.2 Å². The maximum Gasteiger partial charge on any atom is 0.284 e. The molecule has 1 N–H and O–H groups in total. The van der Waals surface area contributed by atoms with Crippen LogP contribution < -0.4 is 5.32 Å². The molecule has 0 saturated carbocycles. The van der Waals surface area contributed by atoms with E-state index >= 15 is 0 Å². The molecule has 1 rings (SSSR count). The Bertz CT molecular complexity index is 402. The maximum atomic E-state index is 10.9. The van der Waals surface area contributed by atoms with E-state index in [1.54, 1.807) is 0 Å². The van der Waals surface area contributed by atoms with Gasteiger partial charge in [-0.25, -0.2) is 0 Å². The molecule has 0 heterocycles. The Labute approximate surface area is 103 Å². The predicted molar refractivity (Wildman–Crippen MR) is 66.2 cm³/mol. The van der Waals surface area contributed by atoms with Crippen LogP contribution in [0.1, 0.15) is 19.4 Å². The van der Waals surface area contributed by atoms with Crippen LogP contribution in [0.4, 0.5) is 0 Å². The molecule has 1 aromatic rings. The number of carbonyl (C=O) groups excluding carboxylic acids is 2. The lowest BCUT2D eigenvalue weighted by atomic mass is 9.84. The fraction of sp³-hybridized carbons (Fsp3) is 0.333. The van der Waals surface area contributed by atoms with E-state index in [4.69, 9.17) is 0 Å². The van der Waals surface area contributed by atoms with Crippen molar-refractivity contribution in [3.8, 4) is 0 Å². The molecule has 16 heavy (non-hydrogen) atoms. The number of rotatable bonds is 4. The van der Waals surface area contributed by atoms with Gasteiger partial charge in [0.2, 0.25) is 6.29 Å². The van der Waals surface area contributed by atoms with Gasteiger partial charge in [-0.15, -0.1) is 0 Å². The molecule has 86 valence electrons. The van der Waals surface area contributed by atoms with E-state index in [0.29, 0.717) is 6.54 Å². The summed E-state index contributed by atoms with van der Waals surface area (Å²) in [6.45, 7) is 4.45. The van der Waals surface area contributed by atoms with Gasteiger partial charge < -0.3 is 5.32 Å². The van der Waals surface area contributed by atoms with Crippen molar-refractivity contribution in [2.75, 3.05) is 6.54 Å². The van der Waals surface area contributed by atoms with Crippen LogP contribution in [-0.2, 0) is 15.0 Å². The quantitative estimate of drug-likeness (QED) is 0.679. The van der Waals surface area contributed by atoms with Crippen LogP contribution >= 0.6 is 15.9 Å². The van der Waals surface area contributed by atoms with Gasteiger partial charge >= 0.3 is 0 Å².